The Morgan fingerprint density at radius 2 is 2.08 bits per heavy atom. The molecular formula is C17H16ClFN2O3. The number of fused-ring (bicyclic) bond motifs is 1. The minimum absolute atomic E-state index is 0.0599. The molecule has 0 fully saturated rings. The SMILES string of the molecule is CCOC(=O)c1c(Oc2cccc(Cl)c2F)nnc2c1CCCC2. The number of aryl methyl sites for hydroxylation is 1. The molecule has 0 amide bonds. The normalized spacial score (nSPS) is 13.3. The molecule has 5 nitrogen and oxygen atoms in total. The average Bonchev–Trinajstić information content (AvgIpc) is 2.59. The zero-order valence-corrected chi connectivity index (χ0v) is 13.9. The van der Waals surface area contributed by atoms with Crippen LogP contribution in [0.1, 0.15) is 41.4 Å². The van der Waals surface area contributed by atoms with E-state index in [2.05, 4.69) is 10.2 Å². The van der Waals surface area contributed by atoms with Gasteiger partial charge in [0.05, 0.1) is 17.3 Å². The Labute approximate surface area is 143 Å². The molecular weight excluding hydrogens is 335 g/mol. The van der Waals surface area contributed by atoms with E-state index in [0.717, 1.165) is 30.5 Å². The first kappa shape index (κ1) is 16.6. The predicted molar refractivity (Wildman–Crippen MR) is 86.1 cm³/mol. The molecule has 1 aliphatic carbocycles. The minimum atomic E-state index is -0.714. The topological polar surface area (TPSA) is 61.3 Å². The quantitative estimate of drug-likeness (QED) is 0.776. The number of esters is 1. The summed E-state index contributed by atoms with van der Waals surface area (Å²) < 4.78 is 24.7. The first-order valence-electron chi connectivity index (χ1n) is 7.79. The Bertz CT molecular complexity index is 783. The number of aromatic nitrogens is 2. The molecule has 1 heterocycles. The summed E-state index contributed by atoms with van der Waals surface area (Å²) in [5.41, 5.74) is 1.76. The molecule has 0 spiro atoms. The highest BCUT2D eigenvalue weighted by molar-refractivity contribution is 6.30. The highest BCUT2D eigenvalue weighted by Gasteiger charge is 2.27. The third kappa shape index (κ3) is 3.19. The van der Waals surface area contributed by atoms with E-state index in [4.69, 9.17) is 21.1 Å². The van der Waals surface area contributed by atoms with Crippen LogP contribution in [0.15, 0.2) is 18.2 Å². The van der Waals surface area contributed by atoms with Gasteiger partial charge >= 0.3 is 5.97 Å². The zero-order chi connectivity index (χ0) is 17.1. The Morgan fingerprint density at radius 3 is 2.88 bits per heavy atom. The molecule has 1 aromatic heterocycles. The Hall–Kier alpha value is -2.21. The number of hydrogen-bond acceptors (Lipinski definition) is 5. The lowest BCUT2D eigenvalue weighted by molar-refractivity contribution is 0.0520. The first-order chi connectivity index (χ1) is 11.6. The molecule has 0 N–H and O–H groups in total. The van der Waals surface area contributed by atoms with Crippen molar-refractivity contribution >= 4 is 17.6 Å². The van der Waals surface area contributed by atoms with Gasteiger partial charge in [0, 0.05) is 0 Å². The summed E-state index contributed by atoms with van der Waals surface area (Å²) in [5, 5.41) is 8.04. The van der Waals surface area contributed by atoms with E-state index in [1.165, 1.54) is 12.1 Å². The molecule has 0 saturated heterocycles. The molecule has 0 bridgehead atoms. The molecule has 7 heteroatoms. The second-order valence-corrected chi connectivity index (χ2v) is 5.79. The van der Waals surface area contributed by atoms with Crippen LogP contribution in [0, 0.1) is 5.82 Å². The van der Waals surface area contributed by atoms with Gasteiger partial charge in [-0.1, -0.05) is 17.7 Å². The molecule has 3 rings (SSSR count). The van der Waals surface area contributed by atoms with Crippen LogP contribution >= 0.6 is 11.6 Å². The van der Waals surface area contributed by atoms with Crippen LogP contribution in [0.4, 0.5) is 4.39 Å². The van der Waals surface area contributed by atoms with Crippen LogP contribution in [-0.2, 0) is 17.6 Å². The van der Waals surface area contributed by atoms with Crippen LogP contribution in [0.2, 0.25) is 5.02 Å². The minimum Gasteiger partial charge on any atom is -0.462 e. The molecule has 1 aromatic carbocycles. The van der Waals surface area contributed by atoms with Gasteiger partial charge in [-0.2, -0.15) is 5.10 Å². The largest absolute Gasteiger partial charge is 0.462 e. The van der Waals surface area contributed by atoms with Gasteiger partial charge in [0.15, 0.2) is 11.6 Å². The number of hydrogen-bond donors (Lipinski definition) is 0. The molecule has 126 valence electrons. The summed E-state index contributed by atoms with van der Waals surface area (Å²) in [7, 11) is 0. The van der Waals surface area contributed by atoms with E-state index in [0.29, 0.717) is 6.42 Å². The van der Waals surface area contributed by atoms with Crippen molar-refractivity contribution in [1.29, 1.82) is 0 Å². The summed E-state index contributed by atoms with van der Waals surface area (Å²) in [4.78, 5) is 12.4. The van der Waals surface area contributed by atoms with Crippen molar-refractivity contribution in [2.75, 3.05) is 6.61 Å². The summed E-state index contributed by atoms with van der Waals surface area (Å²) >= 11 is 5.76. The van der Waals surface area contributed by atoms with Crippen LogP contribution in [-0.4, -0.2) is 22.8 Å². The average molecular weight is 351 g/mol. The predicted octanol–water partition coefficient (Wildman–Crippen LogP) is 4.12. The number of halogens is 2. The number of rotatable bonds is 4. The lowest BCUT2D eigenvalue weighted by atomic mass is 9.93. The van der Waals surface area contributed by atoms with Crippen molar-refractivity contribution < 1.29 is 18.7 Å². The van der Waals surface area contributed by atoms with Gasteiger partial charge in [-0.3, -0.25) is 0 Å². The molecule has 2 aromatic rings. The number of nitrogens with zero attached hydrogens (tertiary/aromatic N) is 2. The maximum absolute atomic E-state index is 14.1. The van der Waals surface area contributed by atoms with E-state index in [9.17, 15) is 9.18 Å². The van der Waals surface area contributed by atoms with Crippen LogP contribution in [0.25, 0.3) is 0 Å². The monoisotopic (exact) mass is 350 g/mol. The summed E-state index contributed by atoms with van der Waals surface area (Å²) in [6.45, 7) is 1.94. The smallest absolute Gasteiger partial charge is 0.344 e. The number of carbonyl (C=O) groups excluding carboxylic acids is 1. The van der Waals surface area contributed by atoms with Crippen molar-refractivity contribution in [1.82, 2.24) is 10.2 Å². The molecule has 0 atom stereocenters. The van der Waals surface area contributed by atoms with Crippen LogP contribution < -0.4 is 4.74 Å². The summed E-state index contributed by atoms with van der Waals surface area (Å²) in [5.74, 6) is -1.43. The van der Waals surface area contributed by atoms with Gasteiger partial charge in [0.1, 0.15) is 5.56 Å². The van der Waals surface area contributed by atoms with E-state index in [-0.39, 0.29) is 28.8 Å². The van der Waals surface area contributed by atoms with Crippen molar-refractivity contribution in [3.05, 3.63) is 45.9 Å². The molecule has 1 aliphatic rings. The van der Waals surface area contributed by atoms with Crippen molar-refractivity contribution in [3.8, 4) is 11.6 Å². The summed E-state index contributed by atoms with van der Waals surface area (Å²) in [6, 6.07) is 4.38. The lowest BCUT2D eigenvalue weighted by Crippen LogP contribution is -2.17. The maximum atomic E-state index is 14.1. The molecule has 0 saturated carbocycles. The van der Waals surface area contributed by atoms with E-state index < -0.39 is 11.8 Å². The van der Waals surface area contributed by atoms with Gasteiger partial charge in [0.2, 0.25) is 0 Å². The molecule has 0 aliphatic heterocycles. The Balaban J connectivity index is 2.06. The highest BCUT2D eigenvalue weighted by Crippen LogP contribution is 2.33. The van der Waals surface area contributed by atoms with Gasteiger partial charge in [-0.05, 0) is 50.3 Å². The number of benzene rings is 1. The van der Waals surface area contributed by atoms with Gasteiger partial charge in [-0.15, -0.1) is 5.10 Å². The maximum Gasteiger partial charge on any atom is 0.344 e. The van der Waals surface area contributed by atoms with Crippen LogP contribution in [0.3, 0.4) is 0 Å². The standard InChI is InChI=1S/C17H16ClFN2O3/c1-2-23-17(22)14-10-6-3-4-8-12(10)20-21-16(14)24-13-9-5-7-11(18)15(13)19/h5,7,9H,2-4,6,8H2,1H3. The lowest BCUT2D eigenvalue weighted by Gasteiger charge is -2.19. The van der Waals surface area contributed by atoms with E-state index >= 15 is 0 Å². The van der Waals surface area contributed by atoms with Gasteiger partial charge in [-0.25, -0.2) is 9.18 Å². The second kappa shape index (κ2) is 7.13. The van der Waals surface area contributed by atoms with E-state index in [1.807, 2.05) is 0 Å². The van der Waals surface area contributed by atoms with Gasteiger partial charge < -0.3 is 9.47 Å². The van der Waals surface area contributed by atoms with E-state index in [1.54, 1.807) is 13.0 Å². The van der Waals surface area contributed by atoms with Crippen molar-refractivity contribution in [2.24, 2.45) is 0 Å². The second-order valence-electron chi connectivity index (χ2n) is 5.39. The Morgan fingerprint density at radius 1 is 1.29 bits per heavy atom. The van der Waals surface area contributed by atoms with Gasteiger partial charge in [0.25, 0.3) is 5.88 Å². The van der Waals surface area contributed by atoms with Crippen molar-refractivity contribution in [2.45, 2.75) is 32.6 Å². The van der Waals surface area contributed by atoms with Crippen molar-refractivity contribution in [3.63, 3.8) is 0 Å². The Kier molecular flexibility index (Phi) is 4.94. The third-order valence-corrected chi connectivity index (χ3v) is 4.11. The molecule has 0 radical (unpaired) electrons. The third-order valence-electron chi connectivity index (χ3n) is 3.82. The number of carbonyl (C=O) groups is 1. The zero-order valence-electron chi connectivity index (χ0n) is 13.1. The summed E-state index contributed by atoms with van der Waals surface area (Å²) in [6.07, 6.45) is 3.37. The fourth-order valence-corrected chi connectivity index (χ4v) is 2.87. The molecule has 24 heavy (non-hydrogen) atoms. The highest BCUT2D eigenvalue weighted by atomic mass is 35.5. The fourth-order valence-electron chi connectivity index (χ4n) is 2.71. The van der Waals surface area contributed by atoms with Crippen LogP contribution in [0.5, 0.6) is 11.6 Å². The first-order valence-corrected chi connectivity index (χ1v) is 8.17. The molecule has 0 unspecified atom stereocenters. The number of ether oxygens (including phenoxy) is 2. The fraction of sp³-hybridized carbons (Fsp3) is 0.353.